The topological polar surface area (TPSA) is 43.8 Å². The summed E-state index contributed by atoms with van der Waals surface area (Å²) in [7, 11) is 0. The van der Waals surface area contributed by atoms with Crippen LogP contribution in [0.4, 0.5) is 5.69 Å². The molecule has 1 heterocycles. The lowest BCUT2D eigenvalue weighted by atomic mass is 10.2. The zero-order valence-corrected chi connectivity index (χ0v) is 10.3. The molecule has 0 saturated heterocycles. The van der Waals surface area contributed by atoms with Crippen molar-refractivity contribution in [3.05, 3.63) is 40.2 Å². The Labute approximate surface area is 99.8 Å². The minimum atomic E-state index is 0.653. The zero-order valence-electron chi connectivity index (χ0n) is 9.58. The van der Waals surface area contributed by atoms with Crippen LogP contribution in [-0.2, 0) is 0 Å². The van der Waals surface area contributed by atoms with Gasteiger partial charge in [0.1, 0.15) is 0 Å². The lowest BCUT2D eigenvalue weighted by Gasteiger charge is -2.07. The second-order valence-electron chi connectivity index (χ2n) is 3.92. The van der Waals surface area contributed by atoms with E-state index in [4.69, 9.17) is 17.3 Å². The molecule has 2 N–H and O–H groups in total. The van der Waals surface area contributed by atoms with Crippen molar-refractivity contribution in [1.29, 1.82) is 0 Å². The highest BCUT2D eigenvalue weighted by Crippen LogP contribution is 2.25. The van der Waals surface area contributed by atoms with E-state index in [1.165, 1.54) is 5.56 Å². The SMILES string of the molecule is Cc1nn(-c2cc(N)ccc2Cl)c(C)c1C. The zero-order chi connectivity index (χ0) is 11.9. The molecule has 2 aromatic rings. The summed E-state index contributed by atoms with van der Waals surface area (Å²) in [5.41, 5.74) is 10.6. The van der Waals surface area contributed by atoms with Crippen LogP contribution in [0.25, 0.3) is 5.69 Å². The number of aromatic nitrogens is 2. The van der Waals surface area contributed by atoms with Gasteiger partial charge in [0.05, 0.1) is 16.4 Å². The first kappa shape index (κ1) is 11.0. The first-order valence-corrected chi connectivity index (χ1v) is 5.46. The quantitative estimate of drug-likeness (QED) is 0.773. The minimum absolute atomic E-state index is 0.653. The van der Waals surface area contributed by atoms with Crippen molar-refractivity contribution in [2.75, 3.05) is 5.73 Å². The van der Waals surface area contributed by atoms with E-state index in [2.05, 4.69) is 5.10 Å². The Hall–Kier alpha value is -1.48. The molecule has 16 heavy (non-hydrogen) atoms. The lowest BCUT2D eigenvalue weighted by Crippen LogP contribution is -2.01. The van der Waals surface area contributed by atoms with Crippen LogP contribution in [0.1, 0.15) is 17.0 Å². The summed E-state index contributed by atoms with van der Waals surface area (Å²) < 4.78 is 1.84. The number of benzene rings is 1. The molecular weight excluding hydrogens is 222 g/mol. The summed E-state index contributed by atoms with van der Waals surface area (Å²) in [5, 5.41) is 5.11. The largest absolute Gasteiger partial charge is 0.399 e. The molecule has 1 aromatic heterocycles. The van der Waals surface area contributed by atoms with Crippen molar-refractivity contribution < 1.29 is 0 Å². The van der Waals surface area contributed by atoms with Gasteiger partial charge in [-0.15, -0.1) is 0 Å². The normalized spacial score (nSPS) is 10.8. The van der Waals surface area contributed by atoms with Crippen molar-refractivity contribution in [2.45, 2.75) is 20.8 Å². The average molecular weight is 236 g/mol. The summed E-state index contributed by atoms with van der Waals surface area (Å²) >= 11 is 6.15. The highest BCUT2D eigenvalue weighted by atomic mass is 35.5. The number of halogens is 1. The molecule has 0 aliphatic rings. The van der Waals surface area contributed by atoms with Crippen LogP contribution in [-0.4, -0.2) is 9.78 Å². The third-order valence-corrected chi connectivity index (χ3v) is 3.17. The molecule has 0 aliphatic heterocycles. The lowest BCUT2D eigenvalue weighted by molar-refractivity contribution is 0.834. The molecule has 0 spiro atoms. The maximum Gasteiger partial charge on any atom is 0.0855 e. The van der Waals surface area contributed by atoms with E-state index in [1.54, 1.807) is 12.1 Å². The van der Waals surface area contributed by atoms with Gasteiger partial charge in [0.2, 0.25) is 0 Å². The number of aryl methyl sites for hydroxylation is 1. The Morgan fingerprint density at radius 2 is 1.94 bits per heavy atom. The van der Waals surface area contributed by atoms with Crippen LogP contribution in [0.2, 0.25) is 5.02 Å². The van der Waals surface area contributed by atoms with Crippen molar-refractivity contribution in [2.24, 2.45) is 0 Å². The second-order valence-corrected chi connectivity index (χ2v) is 4.33. The third kappa shape index (κ3) is 1.67. The first-order valence-electron chi connectivity index (χ1n) is 5.09. The molecule has 0 radical (unpaired) electrons. The molecule has 0 unspecified atom stereocenters. The minimum Gasteiger partial charge on any atom is -0.399 e. The third-order valence-electron chi connectivity index (χ3n) is 2.85. The van der Waals surface area contributed by atoms with Gasteiger partial charge >= 0.3 is 0 Å². The molecule has 2 rings (SSSR count). The van der Waals surface area contributed by atoms with Gasteiger partial charge in [-0.1, -0.05) is 11.6 Å². The van der Waals surface area contributed by atoms with Gasteiger partial charge in [-0.2, -0.15) is 5.10 Å². The van der Waals surface area contributed by atoms with E-state index in [-0.39, 0.29) is 0 Å². The van der Waals surface area contributed by atoms with Crippen LogP contribution in [0, 0.1) is 20.8 Å². The van der Waals surface area contributed by atoms with E-state index >= 15 is 0 Å². The van der Waals surface area contributed by atoms with Gasteiger partial charge in [-0.3, -0.25) is 0 Å². The van der Waals surface area contributed by atoms with Gasteiger partial charge in [-0.25, -0.2) is 4.68 Å². The number of hydrogen-bond donors (Lipinski definition) is 1. The highest BCUT2D eigenvalue weighted by Gasteiger charge is 2.11. The summed E-state index contributed by atoms with van der Waals surface area (Å²) in [6.45, 7) is 6.06. The van der Waals surface area contributed by atoms with Crippen molar-refractivity contribution in [3.63, 3.8) is 0 Å². The fraction of sp³-hybridized carbons (Fsp3) is 0.250. The predicted molar refractivity (Wildman–Crippen MR) is 67.2 cm³/mol. The summed E-state index contributed by atoms with van der Waals surface area (Å²) in [6.07, 6.45) is 0. The van der Waals surface area contributed by atoms with E-state index in [0.717, 1.165) is 17.1 Å². The Morgan fingerprint density at radius 3 is 2.50 bits per heavy atom. The van der Waals surface area contributed by atoms with Crippen LogP contribution in [0.3, 0.4) is 0 Å². The van der Waals surface area contributed by atoms with Gasteiger partial charge in [0.25, 0.3) is 0 Å². The van der Waals surface area contributed by atoms with E-state index in [9.17, 15) is 0 Å². The number of nitrogens with two attached hydrogens (primary N) is 1. The molecule has 3 nitrogen and oxygen atoms in total. The molecule has 84 valence electrons. The van der Waals surface area contributed by atoms with Crippen LogP contribution in [0.5, 0.6) is 0 Å². The fourth-order valence-electron chi connectivity index (χ4n) is 1.65. The van der Waals surface area contributed by atoms with Gasteiger partial charge in [-0.05, 0) is 44.5 Å². The molecule has 0 atom stereocenters. The van der Waals surface area contributed by atoms with Gasteiger partial charge in [0, 0.05) is 11.4 Å². The molecule has 1 aromatic carbocycles. The van der Waals surface area contributed by atoms with Crippen LogP contribution in [0.15, 0.2) is 18.2 Å². The fourth-order valence-corrected chi connectivity index (χ4v) is 1.84. The number of nitrogen functional groups attached to an aromatic ring is 1. The summed E-state index contributed by atoms with van der Waals surface area (Å²) in [4.78, 5) is 0. The molecule has 0 amide bonds. The number of nitrogens with zero attached hydrogens (tertiary/aromatic N) is 2. The number of anilines is 1. The average Bonchev–Trinajstić information content (AvgIpc) is 2.50. The Balaban J connectivity index is 2.67. The summed E-state index contributed by atoms with van der Waals surface area (Å²) in [6, 6.07) is 5.41. The monoisotopic (exact) mass is 235 g/mol. The van der Waals surface area contributed by atoms with Crippen molar-refractivity contribution >= 4 is 17.3 Å². The Bertz CT molecular complexity index is 543. The van der Waals surface area contributed by atoms with Gasteiger partial charge in [0.15, 0.2) is 0 Å². The Kier molecular flexibility index (Phi) is 2.64. The predicted octanol–water partition coefficient (Wildman–Crippen LogP) is 3.03. The van der Waals surface area contributed by atoms with E-state index in [1.807, 2.05) is 31.5 Å². The second kappa shape index (κ2) is 3.83. The first-order chi connectivity index (χ1) is 7.50. The maximum atomic E-state index is 6.15. The van der Waals surface area contributed by atoms with Crippen LogP contribution >= 0.6 is 11.6 Å². The molecule has 0 fully saturated rings. The van der Waals surface area contributed by atoms with Crippen LogP contribution < -0.4 is 5.73 Å². The molecule has 0 bridgehead atoms. The molecular formula is C12H14ClN3. The maximum absolute atomic E-state index is 6.15. The molecule has 0 aliphatic carbocycles. The molecule has 4 heteroatoms. The number of hydrogen-bond acceptors (Lipinski definition) is 2. The van der Waals surface area contributed by atoms with Crippen molar-refractivity contribution in [1.82, 2.24) is 9.78 Å². The van der Waals surface area contributed by atoms with Crippen molar-refractivity contribution in [3.8, 4) is 5.69 Å². The standard InChI is InChI=1S/C12H14ClN3/c1-7-8(2)15-16(9(7)3)12-6-10(14)4-5-11(12)13/h4-6H,14H2,1-3H3. The smallest absolute Gasteiger partial charge is 0.0855 e. The Morgan fingerprint density at radius 1 is 1.25 bits per heavy atom. The van der Waals surface area contributed by atoms with E-state index < -0.39 is 0 Å². The summed E-state index contributed by atoms with van der Waals surface area (Å²) in [5.74, 6) is 0. The molecule has 0 saturated carbocycles. The number of rotatable bonds is 1. The van der Waals surface area contributed by atoms with E-state index in [0.29, 0.717) is 10.7 Å². The van der Waals surface area contributed by atoms with Gasteiger partial charge < -0.3 is 5.73 Å². The highest BCUT2D eigenvalue weighted by molar-refractivity contribution is 6.32.